The van der Waals surface area contributed by atoms with Crippen LogP contribution in [0.2, 0.25) is 0 Å². The van der Waals surface area contributed by atoms with Gasteiger partial charge in [0.2, 0.25) is 5.91 Å². The van der Waals surface area contributed by atoms with Crippen LogP contribution in [0.3, 0.4) is 0 Å². The van der Waals surface area contributed by atoms with Crippen molar-refractivity contribution in [2.45, 2.75) is 40.5 Å². The molecule has 0 fully saturated rings. The quantitative estimate of drug-likeness (QED) is 0.811. The smallest absolute Gasteiger partial charge is 0.220 e. The van der Waals surface area contributed by atoms with E-state index in [1.165, 1.54) is 0 Å². The van der Waals surface area contributed by atoms with Gasteiger partial charge in [0.1, 0.15) is 0 Å². The fourth-order valence-corrected chi connectivity index (χ4v) is 1.90. The van der Waals surface area contributed by atoms with Gasteiger partial charge in [0, 0.05) is 37.7 Å². The van der Waals surface area contributed by atoms with Gasteiger partial charge in [-0.2, -0.15) is 5.10 Å². The maximum absolute atomic E-state index is 11.8. The van der Waals surface area contributed by atoms with Crippen molar-refractivity contribution >= 4 is 5.91 Å². The summed E-state index contributed by atoms with van der Waals surface area (Å²) in [6.45, 7) is 8.38. The summed E-state index contributed by atoms with van der Waals surface area (Å²) in [4.78, 5) is 11.8. The van der Waals surface area contributed by atoms with Crippen LogP contribution < -0.4 is 5.32 Å². The summed E-state index contributed by atoms with van der Waals surface area (Å²) in [6, 6.07) is 0. The summed E-state index contributed by atoms with van der Waals surface area (Å²) < 4.78 is 1.84. The van der Waals surface area contributed by atoms with Gasteiger partial charge in [-0.15, -0.1) is 0 Å². The molecule has 1 aromatic heterocycles. The molecular weight excluding hydrogens is 242 g/mol. The lowest BCUT2D eigenvalue weighted by atomic mass is 9.95. The van der Waals surface area contributed by atoms with Crippen molar-refractivity contribution in [2.75, 3.05) is 13.2 Å². The van der Waals surface area contributed by atoms with Crippen molar-refractivity contribution in [1.29, 1.82) is 0 Å². The molecule has 0 spiro atoms. The molecule has 19 heavy (non-hydrogen) atoms. The van der Waals surface area contributed by atoms with Gasteiger partial charge in [-0.3, -0.25) is 9.48 Å². The zero-order valence-electron chi connectivity index (χ0n) is 12.6. The first kappa shape index (κ1) is 15.7. The van der Waals surface area contributed by atoms with Crippen LogP contribution in [0, 0.1) is 19.3 Å². The second-order valence-electron chi connectivity index (χ2n) is 5.87. The number of aliphatic hydroxyl groups excluding tert-OH is 1. The number of aryl methyl sites for hydroxylation is 2. The lowest BCUT2D eigenvalue weighted by Crippen LogP contribution is -2.36. The van der Waals surface area contributed by atoms with E-state index in [0.29, 0.717) is 19.4 Å². The molecule has 0 saturated heterocycles. The highest BCUT2D eigenvalue weighted by molar-refractivity contribution is 5.76. The lowest BCUT2D eigenvalue weighted by Gasteiger charge is -2.21. The van der Waals surface area contributed by atoms with Crippen molar-refractivity contribution in [3.63, 3.8) is 0 Å². The Kier molecular flexibility index (Phi) is 5.11. The fraction of sp³-hybridized carbons (Fsp3) is 0.714. The van der Waals surface area contributed by atoms with Crippen LogP contribution in [0.15, 0.2) is 0 Å². The Morgan fingerprint density at radius 1 is 1.42 bits per heavy atom. The number of nitrogens with zero attached hydrogens (tertiary/aromatic N) is 2. The topological polar surface area (TPSA) is 67.2 Å². The maximum atomic E-state index is 11.8. The molecule has 1 heterocycles. The molecule has 2 N–H and O–H groups in total. The van der Waals surface area contributed by atoms with E-state index in [4.69, 9.17) is 5.11 Å². The minimum absolute atomic E-state index is 0.0178. The standard InChI is InChI=1S/C14H25N3O2/c1-10-12(11(2)17(5)16-10)6-7-13(19)15-8-14(3,4)9-18/h18H,6-9H2,1-5H3,(H,15,19). The van der Waals surface area contributed by atoms with E-state index in [0.717, 1.165) is 17.0 Å². The third-order valence-corrected chi connectivity index (χ3v) is 3.45. The van der Waals surface area contributed by atoms with Crippen LogP contribution in [-0.2, 0) is 18.3 Å². The molecule has 0 atom stereocenters. The number of carbonyl (C=O) groups is 1. The highest BCUT2D eigenvalue weighted by Gasteiger charge is 2.18. The van der Waals surface area contributed by atoms with Gasteiger partial charge in [-0.05, 0) is 25.8 Å². The predicted molar refractivity (Wildman–Crippen MR) is 74.9 cm³/mol. The second kappa shape index (κ2) is 6.19. The maximum Gasteiger partial charge on any atom is 0.220 e. The van der Waals surface area contributed by atoms with Gasteiger partial charge in [0.25, 0.3) is 0 Å². The van der Waals surface area contributed by atoms with E-state index in [1.807, 2.05) is 39.4 Å². The van der Waals surface area contributed by atoms with Crippen molar-refractivity contribution in [3.05, 3.63) is 17.0 Å². The Hall–Kier alpha value is -1.36. The highest BCUT2D eigenvalue weighted by atomic mass is 16.3. The lowest BCUT2D eigenvalue weighted by molar-refractivity contribution is -0.121. The average Bonchev–Trinajstić information content (AvgIpc) is 2.59. The van der Waals surface area contributed by atoms with E-state index >= 15 is 0 Å². The van der Waals surface area contributed by atoms with Crippen molar-refractivity contribution in [1.82, 2.24) is 15.1 Å². The summed E-state index contributed by atoms with van der Waals surface area (Å²) in [5.74, 6) is 0.0178. The molecule has 0 unspecified atom stereocenters. The van der Waals surface area contributed by atoms with E-state index in [2.05, 4.69) is 10.4 Å². The summed E-state index contributed by atoms with van der Waals surface area (Å²) in [5.41, 5.74) is 2.99. The molecular formula is C14H25N3O2. The third-order valence-electron chi connectivity index (χ3n) is 3.45. The molecule has 0 aliphatic heterocycles. The first-order chi connectivity index (χ1) is 8.76. The number of amides is 1. The highest BCUT2D eigenvalue weighted by Crippen LogP contribution is 2.14. The Bertz CT molecular complexity index is 450. The number of rotatable bonds is 6. The Labute approximate surface area is 115 Å². The summed E-state index contributed by atoms with van der Waals surface area (Å²) in [6.07, 6.45) is 1.16. The first-order valence-electron chi connectivity index (χ1n) is 6.63. The van der Waals surface area contributed by atoms with Gasteiger partial charge in [0.05, 0.1) is 5.69 Å². The fourth-order valence-electron chi connectivity index (χ4n) is 1.90. The first-order valence-corrected chi connectivity index (χ1v) is 6.63. The number of aliphatic hydroxyl groups is 1. The molecule has 0 radical (unpaired) electrons. The van der Waals surface area contributed by atoms with Crippen molar-refractivity contribution in [2.24, 2.45) is 12.5 Å². The molecule has 0 aliphatic rings. The number of hydrogen-bond donors (Lipinski definition) is 2. The van der Waals surface area contributed by atoms with Gasteiger partial charge >= 0.3 is 0 Å². The zero-order chi connectivity index (χ0) is 14.6. The van der Waals surface area contributed by atoms with Crippen LogP contribution in [-0.4, -0.2) is 33.9 Å². The Morgan fingerprint density at radius 2 is 2.05 bits per heavy atom. The van der Waals surface area contributed by atoms with E-state index in [-0.39, 0.29) is 17.9 Å². The SMILES string of the molecule is Cc1nn(C)c(C)c1CCC(=O)NCC(C)(C)CO. The summed E-state index contributed by atoms with van der Waals surface area (Å²) in [7, 11) is 1.91. The monoisotopic (exact) mass is 267 g/mol. The normalized spacial score (nSPS) is 11.7. The van der Waals surface area contributed by atoms with Crippen LogP contribution in [0.25, 0.3) is 0 Å². The molecule has 0 bridgehead atoms. The van der Waals surface area contributed by atoms with Crippen LogP contribution >= 0.6 is 0 Å². The zero-order valence-corrected chi connectivity index (χ0v) is 12.6. The molecule has 5 heteroatoms. The third kappa shape index (κ3) is 4.35. The molecule has 1 amide bonds. The van der Waals surface area contributed by atoms with Gasteiger partial charge in [0.15, 0.2) is 0 Å². The Morgan fingerprint density at radius 3 is 2.53 bits per heavy atom. The molecule has 0 aliphatic carbocycles. The summed E-state index contributed by atoms with van der Waals surface area (Å²) in [5, 5.41) is 16.3. The van der Waals surface area contributed by atoms with Crippen LogP contribution in [0.5, 0.6) is 0 Å². The predicted octanol–water partition coefficient (Wildman–Crippen LogP) is 1.10. The van der Waals surface area contributed by atoms with Gasteiger partial charge in [-0.1, -0.05) is 13.8 Å². The molecule has 1 aromatic rings. The molecule has 5 nitrogen and oxygen atoms in total. The number of aromatic nitrogens is 2. The minimum Gasteiger partial charge on any atom is -0.396 e. The van der Waals surface area contributed by atoms with Crippen LogP contribution in [0.1, 0.15) is 37.2 Å². The van der Waals surface area contributed by atoms with E-state index in [1.54, 1.807) is 0 Å². The number of carbonyl (C=O) groups excluding carboxylic acids is 1. The van der Waals surface area contributed by atoms with E-state index in [9.17, 15) is 4.79 Å². The van der Waals surface area contributed by atoms with Crippen LogP contribution in [0.4, 0.5) is 0 Å². The van der Waals surface area contributed by atoms with Crippen molar-refractivity contribution in [3.8, 4) is 0 Å². The minimum atomic E-state index is -0.268. The molecule has 108 valence electrons. The van der Waals surface area contributed by atoms with Gasteiger partial charge in [-0.25, -0.2) is 0 Å². The summed E-state index contributed by atoms with van der Waals surface area (Å²) >= 11 is 0. The van der Waals surface area contributed by atoms with E-state index < -0.39 is 0 Å². The molecule has 1 rings (SSSR count). The second-order valence-corrected chi connectivity index (χ2v) is 5.87. The largest absolute Gasteiger partial charge is 0.396 e. The Balaban J connectivity index is 2.47. The number of hydrogen-bond acceptors (Lipinski definition) is 3. The molecule has 0 saturated carbocycles. The average molecular weight is 267 g/mol. The molecule has 0 aromatic carbocycles. The number of nitrogens with one attached hydrogen (secondary N) is 1. The van der Waals surface area contributed by atoms with Gasteiger partial charge < -0.3 is 10.4 Å². The van der Waals surface area contributed by atoms with Crippen molar-refractivity contribution < 1.29 is 9.90 Å².